The Bertz CT molecular complexity index is 609. The second-order valence-electron chi connectivity index (χ2n) is 4.56. The van der Waals surface area contributed by atoms with Crippen LogP contribution in [0.3, 0.4) is 0 Å². The first-order chi connectivity index (χ1) is 9.61. The molecule has 1 aromatic carbocycles. The van der Waals surface area contributed by atoms with Crippen molar-refractivity contribution in [2.75, 3.05) is 12.5 Å². The zero-order valence-electron chi connectivity index (χ0n) is 11.6. The molecular formula is C15H17ClN2O2. The van der Waals surface area contributed by atoms with Crippen molar-refractivity contribution < 1.29 is 4.74 Å². The number of hydrogen-bond donors (Lipinski definition) is 0. The quantitative estimate of drug-likeness (QED) is 0.629. The molecule has 0 aliphatic carbocycles. The first-order valence-electron chi connectivity index (χ1n) is 6.46. The molecule has 106 valence electrons. The standard InChI is InChI=1S/C15H17ClN2O2/c1-11-10-14(17-18(2)15(11)19)12-4-6-13(7-5-12)20-9-3-8-16/h4-7,10H,3,8-9H2,1-2H3. The fourth-order valence-electron chi connectivity index (χ4n) is 1.87. The van der Waals surface area contributed by atoms with E-state index in [1.54, 1.807) is 20.0 Å². The monoisotopic (exact) mass is 292 g/mol. The fourth-order valence-corrected chi connectivity index (χ4v) is 1.97. The van der Waals surface area contributed by atoms with Crippen molar-refractivity contribution in [3.63, 3.8) is 0 Å². The Kier molecular flexibility index (Phi) is 4.79. The van der Waals surface area contributed by atoms with Crippen LogP contribution in [0.5, 0.6) is 5.75 Å². The molecule has 0 bridgehead atoms. The predicted octanol–water partition coefficient (Wildman–Crippen LogP) is 2.76. The predicted molar refractivity (Wildman–Crippen MR) is 80.5 cm³/mol. The number of hydrogen-bond acceptors (Lipinski definition) is 3. The van der Waals surface area contributed by atoms with E-state index in [0.29, 0.717) is 18.1 Å². The normalized spacial score (nSPS) is 10.6. The van der Waals surface area contributed by atoms with Crippen LogP contribution in [0.4, 0.5) is 0 Å². The molecule has 0 aliphatic heterocycles. The molecule has 0 atom stereocenters. The highest BCUT2D eigenvalue weighted by Crippen LogP contribution is 2.20. The number of ether oxygens (including phenoxy) is 1. The average molecular weight is 293 g/mol. The Balaban J connectivity index is 2.19. The Hall–Kier alpha value is -1.81. The molecule has 0 spiro atoms. The SMILES string of the molecule is Cc1cc(-c2ccc(OCCCCl)cc2)nn(C)c1=O. The van der Waals surface area contributed by atoms with Crippen molar-refractivity contribution in [3.05, 3.63) is 46.2 Å². The molecule has 20 heavy (non-hydrogen) atoms. The van der Waals surface area contributed by atoms with Crippen LogP contribution in [0, 0.1) is 6.92 Å². The maximum absolute atomic E-state index is 11.6. The van der Waals surface area contributed by atoms with Crippen LogP contribution in [-0.4, -0.2) is 22.3 Å². The summed E-state index contributed by atoms with van der Waals surface area (Å²) in [4.78, 5) is 11.6. The van der Waals surface area contributed by atoms with Crippen LogP contribution in [-0.2, 0) is 7.05 Å². The van der Waals surface area contributed by atoms with Crippen LogP contribution in [0.1, 0.15) is 12.0 Å². The second-order valence-corrected chi connectivity index (χ2v) is 4.93. The minimum absolute atomic E-state index is 0.0743. The molecule has 1 heterocycles. The molecule has 0 amide bonds. The molecular weight excluding hydrogens is 276 g/mol. The van der Waals surface area contributed by atoms with Crippen molar-refractivity contribution >= 4 is 11.6 Å². The number of nitrogens with zero attached hydrogens (tertiary/aromatic N) is 2. The average Bonchev–Trinajstić information content (AvgIpc) is 2.45. The first-order valence-corrected chi connectivity index (χ1v) is 6.99. The summed E-state index contributed by atoms with van der Waals surface area (Å²) in [5.41, 5.74) is 2.33. The number of aromatic nitrogens is 2. The zero-order chi connectivity index (χ0) is 14.5. The summed E-state index contributed by atoms with van der Waals surface area (Å²) in [6, 6.07) is 9.45. The topological polar surface area (TPSA) is 44.1 Å². The lowest BCUT2D eigenvalue weighted by atomic mass is 10.1. The van der Waals surface area contributed by atoms with Gasteiger partial charge in [0.1, 0.15) is 5.75 Å². The number of aryl methyl sites for hydroxylation is 2. The number of rotatable bonds is 5. The van der Waals surface area contributed by atoms with Gasteiger partial charge in [-0.1, -0.05) is 0 Å². The summed E-state index contributed by atoms with van der Waals surface area (Å²) < 4.78 is 6.90. The van der Waals surface area contributed by atoms with Gasteiger partial charge in [0.15, 0.2) is 0 Å². The number of benzene rings is 1. The summed E-state index contributed by atoms with van der Waals surface area (Å²) in [6.45, 7) is 2.40. The fraction of sp³-hybridized carbons (Fsp3) is 0.333. The summed E-state index contributed by atoms with van der Waals surface area (Å²) in [7, 11) is 1.66. The zero-order valence-corrected chi connectivity index (χ0v) is 12.4. The summed E-state index contributed by atoms with van der Waals surface area (Å²) in [5, 5.41) is 4.25. The molecule has 0 aliphatic rings. The molecule has 4 nitrogen and oxygen atoms in total. The van der Waals surface area contributed by atoms with Crippen molar-refractivity contribution in [2.45, 2.75) is 13.3 Å². The van der Waals surface area contributed by atoms with Crippen LogP contribution in [0.15, 0.2) is 35.1 Å². The maximum Gasteiger partial charge on any atom is 0.269 e. The van der Waals surface area contributed by atoms with E-state index in [2.05, 4.69) is 5.10 Å². The molecule has 0 unspecified atom stereocenters. The van der Waals surface area contributed by atoms with Crippen LogP contribution >= 0.6 is 11.6 Å². The van der Waals surface area contributed by atoms with E-state index < -0.39 is 0 Å². The van der Waals surface area contributed by atoms with E-state index in [0.717, 1.165) is 23.4 Å². The Labute approximate surface area is 123 Å². The summed E-state index contributed by atoms with van der Waals surface area (Å²) in [6.07, 6.45) is 0.824. The number of halogens is 1. The lowest BCUT2D eigenvalue weighted by Crippen LogP contribution is -2.21. The maximum atomic E-state index is 11.6. The third-order valence-electron chi connectivity index (χ3n) is 2.94. The largest absolute Gasteiger partial charge is 0.494 e. The highest BCUT2D eigenvalue weighted by molar-refractivity contribution is 6.17. The van der Waals surface area contributed by atoms with Gasteiger partial charge in [0.05, 0.1) is 12.3 Å². The third-order valence-corrected chi connectivity index (χ3v) is 3.21. The molecule has 2 rings (SSSR count). The van der Waals surface area contributed by atoms with Gasteiger partial charge in [-0.05, 0) is 43.7 Å². The minimum atomic E-state index is -0.0743. The summed E-state index contributed by atoms with van der Waals surface area (Å²) in [5.74, 6) is 1.40. The van der Waals surface area contributed by atoms with Crippen molar-refractivity contribution in [2.24, 2.45) is 7.05 Å². The van der Waals surface area contributed by atoms with Gasteiger partial charge in [0.25, 0.3) is 5.56 Å². The van der Waals surface area contributed by atoms with Gasteiger partial charge >= 0.3 is 0 Å². The molecule has 0 saturated heterocycles. The van der Waals surface area contributed by atoms with E-state index in [9.17, 15) is 4.79 Å². The smallest absolute Gasteiger partial charge is 0.269 e. The van der Waals surface area contributed by atoms with E-state index in [4.69, 9.17) is 16.3 Å². The molecule has 0 saturated carbocycles. The Morgan fingerprint density at radius 1 is 1.30 bits per heavy atom. The van der Waals surface area contributed by atoms with E-state index in [-0.39, 0.29) is 5.56 Å². The lowest BCUT2D eigenvalue weighted by Gasteiger charge is -2.07. The number of alkyl halides is 1. The molecule has 0 N–H and O–H groups in total. The highest BCUT2D eigenvalue weighted by Gasteiger charge is 2.05. The first kappa shape index (κ1) is 14.6. The molecule has 1 aromatic heterocycles. The van der Waals surface area contributed by atoms with Crippen LogP contribution in [0.25, 0.3) is 11.3 Å². The van der Waals surface area contributed by atoms with Gasteiger partial charge in [-0.3, -0.25) is 4.79 Å². The molecule has 0 radical (unpaired) electrons. The minimum Gasteiger partial charge on any atom is -0.494 e. The highest BCUT2D eigenvalue weighted by atomic mass is 35.5. The van der Waals surface area contributed by atoms with E-state index in [1.165, 1.54) is 4.68 Å². The molecule has 5 heteroatoms. The molecule has 0 fully saturated rings. The van der Waals surface area contributed by atoms with Gasteiger partial charge in [-0.15, -0.1) is 11.6 Å². The van der Waals surface area contributed by atoms with E-state index >= 15 is 0 Å². The van der Waals surface area contributed by atoms with Gasteiger partial charge < -0.3 is 4.74 Å². The van der Waals surface area contributed by atoms with Gasteiger partial charge in [-0.2, -0.15) is 5.10 Å². The van der Waals surface area contributed by atoms with Crippen LogP contribution in [0.2, 0.25) is 0 Å². The lowest BCUT2D eigenvalue weighted by molar-refractivity contribution is 0.318. The second kappa shape index (κ2) is 6.57. The van der Waals surface area contributed by atoms with Gasteiger partial charge in [0, 0.05) is 24.1 Å². The van der Waals surface area contributed by atoms with Crippen LogP contribution < -0.4 is 10.3 Å². The van der Waals surface area contributed by atoms with Crippen molar-refractivity contribution in [1.82, 2.24) is 9.78 Å². The van der Waals surface area contributed by atoms with Gasteiger partial charge in [0.2, 0.25) is 0 Å². The summed E-state index contributed by atoms with van der Waals surface area (Å²) >= 11 is 5.60. The van der Waals surface area contributed by atoms with Crippen molar-refractivity contribution in [3.8, 4) is 17.0 Å². The Morgan fingerprint density at radius 2 is 2.00 bits per heavy atom. The van der Waals surface area contributed by atoms with Crippen molar-refractivity contribution in [1.29, 1.82) is 0 Å². The molecule has 2 aromatic rings. The van der Waals surface area contributed by atoms with E-state index in [1.807, 2.05) is 24.3 Å². The third kappa shape index (κ3) is 3.39. The Morgan fingerprint density at radius 3 is 2.60 bits per heavy atom. The van der Waals surface area contributed by atoms with Gasteiger partial charge in [-0.25, -0.2) is 4.68 Å².